The summed E-state index contributed by atoms with van der Waals surface area (Å²) in [4.78, 5) is 15.2. The van der Waals surface area contributed by atoms with Crippen molar-refractivity contribution in [1.82, 2.24) is 20.3 Å². The molecule has 5 nitrogen and oxygen atoms in total. The van der Waals surface area contributed by atoms with Crippen molar-refractivity contribution in [3.63, 3.8) is 0 Å². The number of hydrogen-bond acceptors (Lipinski definition) is 5. The summed E-state index contributed by atoms with van der Waals surface area (Å²) < 4.78 is 0. The molecule has 2 aromatic heterocycles. The van der Waals surface area contributed by atoms with Gasteiger partial charge in [-0.1, -0.05) is 0 Å². The lowest BCUT2D eigenvalue weighted by Gasteiger charge is -2.28. The number of rotatable bonds is 1. The smallest absolute Gasteiger partial charge is 0.180 e. The van der Waals surface area contributed by atoms with Gasteiger partial charge in [-0.15, -0.1) is 0 Å². The van der Waals surface area contributed by atoms with Crippen LogP contribution >= 0.6 is 0 Å². The van der Waals surface area contributed by atoms with Crippen LogP contribution in [0.3, 0.4) is 0 Å². The van der Waals surface area contributed by atoms with E-state index in [-0.39, 0.29) is 0 Å². The van der Waals surface area contributed by atoms with Crippen LogP contribution in [0.15, 0.2) is 24.5 Å². The van der Waals surface area contributed by atoms with Crippen LogP contribution in [-0.2, 0) is 0 Å². The third-order valence-electron chi connectivity index (χ3n) is 2.76. The van der Waals surface area contributed by atoms with E-state index in [0.29, 0.717) is 0 Å². The second-order valence-corrected chi connectivity index (χ2v) is 3.81. The fraction of sp³-hybridized carbons (Fsp3) is 0.364. The zero-order valence-electron chi connectivity index (χ0n) is 8.93. The van der Waals surface area contributed by atoms with E-state index in [2.05, 4.69) is 25.2 Å². The number of hydrogen-bond donors (Lipinski definition) is 1. The third kappa shape index (κ3) is 1.69. The van der Waals surface area contributed by atoms with Gasteiger partial charge in [0.25, 0.3) is 0 Å². The SMILES string of the molecule is c1cnc2nc(N3CCNCC3)ccc2n1. The Morgan fingerprint density at radius 2 is 1.88 bits per heavy atom. The number of piperazine rings is 1. The molecule has 0 spiro atoms. The van der Waals surface area contributed by atoms with E-state index in [1.165, 1.54) is 0 Å². The van der Waals surface area contributed by atoms with Gasteiger partial charge in [-0.05, 0) is 12.1 Å². The Labute approximate surface area is 93.5 Å². The Balaban J connectivity index is 1.97. The van der Waals surface area contributed by atoms with Crippen LogP contribution in [0.4, 0.5) is 5.82 Å². The maximum Gasteiger partial charge on any atom is 0.180 e. The maximum absolute atomic E-state index is 4.52. The van der Waals surface area contributed by atoms with Gasteiger partial charge in [0.15, 0.2) is 5.65 Å². The Bertz CT molecular complexity index is 492. The summed E-state index contributed by atoms with van der Waals surface area (Å²) in [7, 11) is 0. The van der Waals surface area contributed by atoms with E-state index in [9.17, 15) is 0 Å². The van der Waals surface area contributed by atoms with E-state index in [0.717, 1.165) is 43.2 Å². The molecule has 1 fully saturated rings. The zero-order valence-corrected chi connectivity index (χ0v) is 8.93. The largest absolute Gasteiger partial charge is 0.354 e. The van der Waals surface area contributed by atoms with Gasteiger partial charge in [0.05, 0.1) is 0 Å². The molecule has 16 heavy (non-hydrogen) atoms. The lowest BCUT2D eigenvalue weighted by Crippen LogP contribution is -2.43. The molecule has 5 heteroatoms. The molecular weight excluding hydrogens is 202 g/mol. The molecule has 0 aliphatic carbocycles. The highest BCUT2D eigenvalue weighted by Crippen LogP contribution is 2.14. The van der Waals surface area contributed by atoms with Crippen LogP contribution in [0.2, 0.25) is 0 Å². The van der Waals surface area contributed by atoms with Gasteiger partial charge in [-0.3, -0.25) is 4.98 Å². The summed E-state index contributed by atoms with van der Waals surface area (Å²) in [6, 6.07) is 4.00. The molecule has 0 amide bonds. The number of nitrogens with one attached hydrogen (secondary N) is 1. The zero-order chi connectivity index (χ0) is 10.8. The Kier molecular flexibility index (Phi) is 2.38. The van der Waals surface area contributed by atoms with Crippen LogP contribution in [0, 0.1) is 0 Å². The number of nitrogens with zero attached hydrogens (tertiary/aromatic N) is 4. The van der Waals surface area contributed by atoms with Crippen LogP contribution in [0.1, 0.15) is 0 Å². The summed E-state index contributed by atoms with van der Waals surface area (Å²) in [6.07, 6.45) is 3.37. The summed E-state index contributed by atoms with van der Waals surface area (Å²) in [6.45, 7) is 4.03. The quantitative estimate of drug-likeness (QED) is 0.748. The minimum atomic E-state index is 0.721. The molecule has 0 atom stereocenters. The highest BCUT2D eigenvalue weighted by atomic mass is 15.2. The van der Waals surface area contributed by atoms with E-state index < -0.39 is 0 Å². The Hall–Kier alpha value is -1.75. The van der Waals surface area contributed by atoms with E-state index in [1.807, 2.05) is 12.1 Å². The summed E-state index contributed by atoms with van der Waals surface area (Å²) in [5, 5.41) is 3.32. The molecule has 82 valence electrons. The molecule has 1 saturated heterocycles. The molecule has 3 rings (SSSR count). The molecule has 0 bridgehead atoms. The van der Waals surface area contributed by atoms with Crippen LogP contribution < -0.4 is 10.2 Å². The Morgan fingerprint density at radius 1 is 1.06 bits per heavy atom. The fourth-order valence-electron chi connectivity index (χ4n) is 1.91. The van der Waals surface area contributed by atoms with Crippen molar-refractivity contribution in [2.24, 2.45) is 0 Å². The number of pyridine rings is 1. The minimum Gasteiger partial charge on any atom is -0.354 e. The predicted molar refractivity (Wildman–Crippen MR) is 62.4 cm³/mol. The predicted octanol–water partition coefficient (Wildman–Crippen LogP) is 0.434. The van der Waals surface area contributed by atoms with Crippen molar-refractivity contribution in [2.75, 3.05) is 31.1 Å². The maximum atomic E-state index is 4.52. The van der Waals surface area contributed by atoms with Gasteiger partial charge in [0, 0.05) is 38.6 Å². The van der Waals surface area contributed by atoms with Gasteiger partial charge in [-0.2, -0.15) is 0 Å². The molecule has 1 aliphatic rings. The van der Waals surface area contributed by atoms with Crippen molar-refractivity contribution in [3.05, 3.63) is 24.5 Å². The first-order chi connectivity index (χ1) is 7.93. The molecule has 1 aliphatic heterocycles. The second-order valence-electron chi connectivity index (χ2n) is 3.81. The average molecular weight is 215 g/mol. The standard InChI is InChI=1S/C11H13N5/c1-2-10(16-7-5-12-6-8-16)15-11-9(1)13-3-4-14-11/h1-4,12H,5-8H2. The van der Waals surface area contributed by atoms with Gasteiger partial charge in [-0.25, -0.2) is 9.97 Å². The average Bonchev–Trinajstić information content (AvgIpc) is 2.39. The summed E-state index contributed by atoms with van der Waals surface area (Å²) in [5.41, 5.74) is 1.57. The van der Waals surface area contributed by atoms with Gasteiger partial charge in [0.1, 0.15) is 11.3 Å². The number of fused-ring (bicyclic) bond motifs is 1. The van der Waals surface area contributed by atoms with E-state index in [4.69, 9.17) is 0 Å². The van der Waals surface area contributed by atoms with Crippen molar-refractivity contribution >= 4 is 17.0 Å². The van der Waals surface area contributed by atoms with Crippen molar-refractivity contribution in [3.8, 4) is 0 Å². The number of aromatic nitrogens is 3. The highest BCUT2D eigenvalue weighted by molar-refractivity contribution is 5.71. The molecular formula is C11H13N5. The van der Waals surface area contributed by atoms with Gasteiger partial charge in [0.2, 0.25) is 0 Å². The van der Waals surface area contributed by atoms with Crippen LogP contribution in [0.25, 0.3) is 11.2 Å². The molecule has 0 unspecified atom stereocenters. The summed E-state index contributed by atoms with van der Waals surface area (Å²) >= 11 is 0. The monoisotopic (exact) mass is 215 g/mol. The number of anilines is 1. The van der Waals surface area contributed by atoms with Gasteiger partial charge < -0.3 is 10.2 Å². The van der Waals surface area contributed by atoms with Crippen molar-refractivity contribution < 1.29 is 0 Å². The molecule has 3 heterocycles. The molecule has 1 N–H and O–H groups in total. The highest BCUT2D eigenvalue weighted by Gasteiger charge is 2.11. The van der Waals surface area contributed by atoms with Crippen LogP contribution in [0.5, 0.6) is 0 Å². The van der Waals surface area contributed by atoms with Crippen LogP contribution in [-0.4, -0.2) is 41.1 Å². The normalized spacial score (nSPS) is 16.6. The molecule has 0 saturated carbocycles. The molecule has 0 radical (unpaired) electrons. The van der Waals surface area contributed by atoms with Crippen molar-refractivity contribution in [1.29, 1.82) is 0 Å². The second kappa shape index (κ2) is 4.02. The third-order valence-corrected chi connectivity index (χ3v) is 2.76. The van der Waals surface area contributed by atoms with E-state index >= 15 is 0 Å². The topological polar surface area (TPSA) is 53.9 Å². The summed E-state index contributed by atoms with van der Waals surface area (Å²) in [5.74, 6) is 0.995. The minimum absolute atomic E-state index is 0.721. The Morgan fingerprint density at radius 3 is 2.75 bits per heavy atom. The fourth-order valence-corrected chi connectivity index (χ4v) is 1.91. The first-order valence-electron chi connectivity index (χ1n) is 5.47. The lowest BCUT2D eigenvalue weighted by molar-refractivity contribution is 0.585. The molecule has 0 aromatic carbocycles. The van der Waals surface area contributed by atoms with Gasteiger partial charge >= 0.3 is 0 Å². The van der Waals surface area contributed by atoms with E-state index in [1.54, 1.807) is 12.4 Å². The first-order valence-corrected chi connectivity index (χ1v) is 5.47. The van der Waals surface area contributed by atoms with Crippen molar-refractivity contribution in [2.45, 2.75) is 0 Å². The lowest BCUT2D eigenvalue weighted by atomic mass is 10.3. The molecule has 2 aromatic rings. The first kappa shape index (κ1) is 9.47.